The fraction of sp³-hybridized carbons (Fsp3) is 0.300. The topological polar surface area (TPSA) is 61.4 Å². The van der Waals surface area contributed by atoms with Gasteiger partial charge >= 0.3 is 6.03 Å². The maximum absolute atomic E-state index is 13.1. The molecule has 0 radical (unpaired) electrons. The lowest BCUT2D eigenvalue weighted by molar-refractivity contribution is 0.0724. The van der Waals surface area contributed by atoms with Crippen LogP contribution in [0.4, 0.5) is 14.9 Å². The molecule has 0 aromatic heterocycles. The number of anilines is 1. The minimum atomic E-state index is -0.406. The molecule has 0 spiro atoms. The molecule has 0 saturated carbocycles. The zero-order chi connectivity index (χ0) is 18.4. The molecule has 0 bridgehead atoms. The zero-order valence-electron chi connectivity index (χ0n) is 14.5. The van der Waals surface area contributed by atoms with E-state index in [-0.39, 0.29) is 18.3 Å². The molecular weight excluding hydrogens is 333 g/mol. The first-order chi connectivity index (χ1) is 12.6. The predicted molar refractivity (Wildman–Crippen MR) is 98.5 cm³/mol. The highest BCUT2D eigenvalue weighted by Crippen LogP contribution is 2.16. The van der Waals surface area contributed by atoms with Gasteiger partial charge in [0, 0.05) is 30.9 Å². The highest BCUT2D eigenvalue weighted by atomic mass is 19.1. The minimum Gasteiger partial charge on any atom is -0.339 e. The highest BCUT2D eigenvalue weighted by Gasteiger charge is 2.18. The number of nitrogens with zero attached hydrogens (tertiary/aromatic N) is 1. The lowest BCUT2D eigenvalue weighted by Gasteiger charge is -2.26. The summed E-state index contributed by atoms with van der Waals surface area (Å²) < 4.78 is 13.1. The Morgan fingerprint density at radius 3 is 2.54 bits per heavy atom. The quantitative estimate of drug-likeness (QED) is 0.877. The van der Waals surface area contributed by atoms with Gasteiger partial charge in [0.15, 0.2) is 0 Å². The molecule has 3 rings (SSSR count). The van der Waals surface area contributed by atoms with Crippen molar-refractivity contribution in [2.75, 3.05) is 18.4 Å². The second-order valence-electron chi connectivity index (χ2n) is 6.37. The number of rotatable bonds is 4. The standard InChI is InChI=1S/C20H22FN3O2/c21-17-8-4-6-15(12-17)14-22-20(26)23-18-9-5-7-16(13-18)19(25)24-10-2-1-3-11-24/h4-9,12-13H,1-3,10-11,14H2,(H2,22,23,26). The average Bonchev–Trinajstić information content (AvgIpc) is 2.67. The van der Waals surface area contributed by atoms with Crippen molar-refractivity contribution >= 4 is 17.6 Å². The third-order valence-electron chi connectivity index (χ3n) is 4.35. The molecule has 136 valence electrons. The molecule has 1 saturated heterocycles. The summed E-state index contributed by atoms with van der Waals surface area (Å²) in [6, 6.07) is 12.6. The van der Waals surface area contributed by atoms with E-state index in [2.05, 4.69) is 10.6 Å². The number of halogens is 1. The molecule has 1 aliphatic heterocycles. The third-order valence-corrected chi connectivity index (χ3v) is 4.35. The normalized spacial score (nSPS) is 14.0. The van der Waals surface area contributed by atoms with Gasteiger partial charge in [-0.25, -0.2) is 9.18 Å². The molecule has 3 amide bonds. The van der Waals surface area contributed by atoms with E-state index in [4.69, 9.17) is 0 Å². The number of hydrogen-bond donors (Lipinski definition) is 2. The number of amides is 3. The van der Waals surface area contributed by atoms with Gasteiger partial charge in [0.25, 0.3) is 5.91 Å². The fourth-order valence-corrected chi connectivity index (χ4v) is 3.01. The van der Waals surface area contributed by atoms with E-state index in [9.17, 15) is 14.0 Å². The Balaban J connectivity index is 1.57. The minimum absolute atomic E-state index is 0.00600. The molecule has 5 nitrogen and oxygen atoms in total. The molecule has 6 heteroatoms. The zero-order valence-corrected chi connectivity index (χ0v) is 14.5. The van der Waals surface area contributed by atoms with Crippen LogP contribution >= 0.6 is 0 Å². The molecule has 1 fully saturated rings. The van der Waals surface area contributed by atoms with Crippen LogP contribution in [0.15, 0.2) is 48.5 Å². The van der Waals surface area contributed by atoms with Gasteiger partial charge in [-0.15, -0.1) is 0 Å². The van der Waals surface area contributed by atoms with Gasteiger partial charge in [-0.05, 0) is 55.2 Å². The molecule has 2 N–H and O–H groups in total. The van der Waals surface area contributed by atoms with Gasteiger partial charge in [0.1, 0.15) is 5.82 Å². The van der Waals surface area contributed by atoms with Gasteiger partial charge < -0.3 is 15.5 Å². The van der Waals surface area contributed by atoms with Crippen LogP contribution in [0.25, 0.3) is 0 Å². The molecule has 2 aromatic carbocycles. The Bertz CT molecular complexity index is 788. The van der Waals surface area contributed by atoms with Crippen LogP contribution in [0.5, 0.6) is 0 Å². The monoisotopic (exact) mass is 355 g/mol. The van der Waals surface area contributed by atoms with Crippen molar-refractivity contribution < 1.29 is 14.0 Å². The number of urea groups is 1. The van der Waals surface area contributed by atoms with E-state index in [0.717, 1.165) is 32.4 Å². The van der Waals surface area contributed by atoms with E-state index < -0.39 is 6.03 Å². The van der Waals surface area contributed by atoms with Crippen LogP contribution in [0.2, 0.25) is 0 Å². The van der Waals surface area contributed by atoms with E-state index in [1.54, 1.807) is 36.4 Å². The van der Waals surface area contributed by atoms with Crippen molar-refractivity contribution in [3.8, 4) is 0 Å². The van der Waals surface area contributed by atoms with Crippen molar-refractivity contribution in [2.45, 2.75) is 25.8 Å². The Hall–Kier alpha value is -2.89. The van der Waals surface area contributed by atoms with E-state index in [1.807, 2.05) is 4.90 Å². The number of likely N-dealkylation sites (tertiary alicyclic amines) is 1. The first kappa shape index (κ1) is 17.9. The number of benzene rings is 2. The van der Waals surface area contributed by atoms with Crippen LogP contribution in [0.1, 0.15) is 35.2 Å². The molecule has 0 aliphatic carbocycles. The van der Waals surface area contributed by atoms with Crippen LogP contribution < -0.4 is 10.6 Å². The fourth-order valence-electron chi connectivity index (χ4n) is 3.01. The molecule has 0 atom stereocenters. The van der Waals surface area contributed by atoms with E-state index >= 15 is 0 Å². The largest absolute Gasteiger partial charge is 0.339 e. The predicted octanol–water partition coefficient (Wildman–Crippen LogP) is 3.77. The molecule has 2 aromatic rings. The van der Waals surface area contributed by atoms with Crippen molar-refractivity contribution in [1.82, 2.24) is 10.2 Å². The maximum atomic E-state index is 13.1. The summed E-state index contributed by atoms with van der Waals surface area (Å²) in [5.41, 5.74) is 1.79. The van der Waals surface area contributed by atoms with Crippen LogP contribution in [-0.2, 0) is 6.54 Å². The number of hydrogen-bond acceptors (Lipinski definition) is 2. The summed E-state index contributed by atoms with van der Waals surface area (Å²) in [7, 11) is 0. The number of piperidine rings is 1. The van der Waals surface area contributed by atoms with Crippen LogP contribution in [0, 0.1) is 5.82 Å². The van der Waals surface area contributed by atoms with Gasteiger partial charge in [-0.1, -0.05) is 18.2 Å². The Kier molecular flexibility index (Phi) is 5.84. The summed E-state index contributed by atoms with van der Waals surface area (Å²) in [5.74, 6) is -0.345. The van der Waals surface area contributed by atoms with Crippen LogP contribution in [-0.4, -0.2) is 29.9 Å². The van der Waals surface area contributed by atoms with Gasteiger partial charge in [0.2, 0.25) is 0 Å². The molecular formula is C20H22FN3O2. The van der Waals surface area contributed by atoms with E-state index in [1.165, 1.54) is 12.1 Å². The Labute approximate surface area is 152 Å². The number of nitrogens with one attached hydrogen (secondary N) is 2. The lowest BCUT2D eigenvalue weighted by Crippen LogP contribution is -2.35. The molecule has 1 aliphatic rings. The second kappa shape index (κ2) is 8.47. The van der Waals surface area contributed by atoms with Crippen molar-refractivity contribution in [2.24, 2.45) is 0 Å². The Morgan fingerprint density at radius 1 is 1.00 bits per heavy atom. The number of carbonyl (C=O) groups is 2. The number of carbonyl (C=O) groups excluding carboxylic acids is 2. The van der Waals surface area contributed by atoms with Gasteiger partial charge in [0.05, 0.1) is 0 Å². The van der Waals surface area contributed by atoms with Crippen molar-refractivity contribution in [3.63, 3.8) is 0 Å². The van der Waals surface area contributed by atoms with Crippen molar-refractivity contribution in [3.05, 3.63) is 65.5 Å². The third kappa shape index (κ3) is 4.81. The van der Waals surface area contributed by atoms with Gasteiger partial charge in [-0.2, -0.15) is 0 Å². The Morgan fingerprint density at radius 2 is 1.77 bits per heavy atom. The second-order valence-corrected chi connectivity index (χ2v) is 6.37. The van der Waals surface area contributed by atoms with Crippen LogP contribution in [0.3, 0.4) is 0 Å². The molecule has 0 unspecified atom stereocenters. The highest BCUT2D eigenvalue weighted by molar-refractivity contribution is 5.97. The summed E-state index contributed by atoms with van der Waals surface area (Å²) in [6.07, 6.45) is 3.23. The maximum Gasteiger partial charge on any atom is 0.319 e. The van der Waals surface area contributed by atoms with Crippen molar-refractivity contribution in [1.29, 1.82) is 0 Å². The van der Waals surface area contributed by atoms with Gasteiger partial charge in [-0.3, -0.25) is 4.79 Å². The molecule has 26 heavy (non-hydrogen) atoms. The average molecular weight is 355 g/mol. The summed E-state index contributed by atoms with van der Waals surface area (Å²) >= 11 is 0. The van der Waals surface area contributed by atoms with E-state index in [0.29, 0.717) is 16.8 Å². The lowest BCUT2D eigenvalue weighted by atomic mass is 10.1. The summed E-state index contributed by atoms with van der Waals surface area (Å²) in [5, 5.41) is 5.39. The SMILES string of the molecule is O=C(NCc1cccc(F)c1)Nc1cccc(C(=O)N2CCCCC2)c1. The smallest absolute Gasteiger partial charge is 0.319 e. The summed E-state index contributed by atoms with van der Waals surface area (Å²) in [4.78, 5) is 26.4. The first-order valence-electron chi connectivity index (χ1n) is 8.80. The first-order valence-corrected chi connectivity index (χ1v) is 8.80. The molecule has 1 heterocycles. The summed E-state index contributed by atoms with van der Waals surface area (Å²) in [6.45, 7) is 1.78.